The van der Waals surface area contributed by atoms with E-state index in [-0.39, 0.29) is 0 Å². The van der Waals surface area contributed by atoms with Crippen LogP contribution in [0.25, 0.3) is 22.7 Å². The van der Waals surface area contributed by atoms with Crippen LogP contribution in [0.15, 0.2) is 35.5 Å². The Morgan fingerprint density at radius 3 is 2.83 bits per heavy atom. The molecular formula is C12H10N4OS. The first-order chi connectivity index (χ1) is 8.78. The minimum atomic E-state index is 0.588. The van der Waals surface area contributed by atoms with E-state index in [0.29, 0.717) is 22.9 Å². The predicted octanol–water partition coefficient (Wildman–Crippen LogP) is 2.32. The maximum absolute atomic E-state index is 5.33. The molecule has 3 aromatic rings. The molecule has 3 rings (SSSR count). The Balaban J connectivity index is 2.19. The second kappa shape index (κ2) is 4.30. The van der Waals surface area contributed by atoms with Gasteiger partial charge >= 0.3 is 0 Å². The summed E-state index contributed by atoms with van der Waals surface area (Å²) in [4.78, 5) is 16.6. The summed E-state index contributed by atoms with van der Waals surface area (Å²) in [6.07, 6.45) is 3.24. The number of hydrogen-bond donors (Lipinski definition) is 2. The molecule has 0 aliphatic carbocycles. The lowest BCUT2D eigenvalue weighted by atomic mass is 10.2. The van der Waals surface area contributed by atoms with Gasteiger partial charge < -0.3 is 9.72 Å². The lowest BCUT2D eigenvalue weighted by Gasteiger charge is -2.06. The summed E-state index contributed by atoms with van der Waals surface area (Å²) in [6, 6.07) is 5.63. The molecule has 5 nitrogen and oxygen atoms in total. The number of thiol groups is 1. The van der Waals surface area contributed by atoms with Crippen LogP contribution in [0.2, 0.25) is 0 Å². The molecule has 0 bridgehead atoms. The number of imidazole rings is 1. The average molecular weight is 258 g/mol. The molecule has 1 N–H and O–H groups in total. The zero-order chi connectivity index (χ0) is 12.5. The van der Waals surface area contributed by atoms with E-state index < -0.39 is 0 Å². The highest BCUT2D eigenvalue weighted by atomic mass is 32.1. The summed E-state index contributed by atoms with van der Waals surface area (Å²) < 4.78 is 5.33. The lowest BCUT2D eigenvalue weighted by molar-refractivity contribution is 0.415. The van der Waals surface area contributed by atoms with Crippen molar-refractivity contribution in [1.82, 2.24) is 19.9 Å². The van der Waals surface area contributed by atoms with Crippen LogP contribution in [-0.4, -0.2) is 27.0 Å². The van der Waals surface area contributed by atoms with Crippen LogP contribution >= 0.6 is 12.6 Å². The van der Waals surface area contributed by atoms with Crippen LogP contribution in [0.3, 0.4) is 0 Å². The fourth-order valence-corrected chi connectivity index (χ4v) is 1.94. The average Bonchev–Trinajstić information content (AvgIpc) is 2.82. The van der Waals surface area contributed by atoms with E-state index in [9.17, 15) is 0 Å². The van der Waals surface area contributed by atoms with Crippen LogP contribution in [0.1, 0.15) is 0 Å². The zero-order valence-corrected chi connectivity index (χ0v) is 10.5. The summed E-state index contributed by atoms with van der Waals surface area (Å²) in [6.45, 7) is 0. The Morgan fingerprint density at radius 2 is 2.06 bits per heavy atom. The summed E-state index contributed by atoms with van der Waals surface area (Å²) in [7, 11) is 1.62. The van der Waals surface area contributed by atoms with Gasteiger partial charge in [-0.1, -0.05) is 0 Å². The Kier molecular flexibility index (Phi) is 2.64. The molecule has 0 atom stereocenters. The molecule has 0 amide bonds. The van der Waals surface area contributed by atoms with Gasteiger partial charge in [0.05, 0.1) is 12.7 Å². The van der Waals surface area contributed by atoms with Crippen molar-refractivity contribution in [2.45, 2.75) is 4.90 Å². The normalized spacial score (nSPS) is 10.8. The first-order valence-electron chi connectivity index (χ1n) is 5.32. The number of benzene rings is 1. The van der Waals surface area contributed by atoms with Crippen molar-refractivity contribution in [3.63, 3.8) is 0 Å². The summed E-state index contributed by atoms with van der Waals surface area (Å²) >= 11 is 4.28. The van der Waals surface area contributed by atoms with Crippen molar-refractivity contribution in [1.29, 1.82) is 0 Å². The number of hydrogen-bond acceptors (Lipinski definition) is 5. The Morgan fingerprint density at radius 1 is 1.22 bits per heavy atom. The predicted molar refractivity (Wildman–Crippen MR) is 70.9 cm³/mol. The maximum Gasteiger partial charge on any atom is 0.197 e. The van der Waals surface area contributed by atoms with Crippen molar-refractivity contribution < 1.29 is 4.74 Å². The Labute approximate surface area is 109 Å². The third-order valence-corrected chi connectivity index (χ3v) is 2.85. The number of ether oxygens (including phenoxy) is 1. The van der Waals surface area contributed by atoms with E-state index in [0.717, 1.165) is 10.5 Å². The number of aromatic amines is 1. The molecule has 0 aliphatic heterocycles. The van der Waals surface area contributed by atoms with Gasteiger partial charge in [-0.05, 0) is 18.2 Å². The monoisotopic (exact) mass is 258 g/mol. The Hall–Kier alpha value is -2.08. The molecule has 18 heavy (non-hydrogen) atoms. The van der Waals surface area contributed by atoms with Crippen LogP contribution in [0.5, 0.6) is 5.75 Å². The molecule has 0 saturated heterocycles. The van der Waals surface area contributed by atoms with Gasteiger partial charge in [-0.15, -0.1) is 12.6 Å². The van der Waals surface area contributed by atoms with E-state index in [2.05, 4.69) is 32.6 Å². The van der Waals surface area contributed by atoms with Crippen LogP contribution in [-0.2, 0) is 0 Å². The van der Waals surface area contributed by atoms with Crippen molar-refractivity contribution in [3.8, 4) is 17.1 Å². The van der Waals surface area contributed by atoms with Gasteiger partial charge in [0.15, 0.2) is 11.3 Å². The summed E-state index contributed by atoms with van der Waals surface area (Å²) in [5.74, 6) is 1.39. The van der Waals surface area contributed by atoms with Crippen LogP contribution < -0.4 is 4.74 Å². The molecule has 0 radical (unpaired) electrons. The van der Waals surface area contributed by atoms with E-state index in [1.807, 2.05) is 18.2 Å². The fraction of sp³-hybridized carbons (Fsp3) is 0.0833. The molecule has 0 unspecified atom stereocenters. The summed E-state index contributed by atoms with van der Waals surface area (Å²) in [5, 5.41) is 0. The van der Waals surface area contributed by atoms with E-state index >= 15 is 0 Å². The molecular weight excluding hydrogens is 248 g/mol. The van der Waals surface area contributed by atoms with E-state index in [4.69, 9.17) is 4.74 Å². The standard InChI is InChI=1S/C12H10N4OS/c1-17-9-6-7(18)2-3-8(9)10-15-11-12(16-10)14-5-4-13-11/h2-6,18H,1H3,(H,13,14,15,16). The summed E-state index contributed by atoms with van der Waals surface area (Å²) in [5.41, 5.74) is 2.10. The fourth-order valence-electron chi connectivity index (χ4n) is 1.75. The molecule has 0 fully saturated rings. The highest BCUT2D eigenvalue weighted by Gasteiger charge is 2.11. The van der Waals surface area contributed by atoms with Gasteiger partial charge in [-0.25, -0.2) is 15.0 Å². The van der Waals surface area contributed by atoms with Crippen LogP contribution in [0.4, 0.5) is 0 Å². The van der Waals surface area contributed by atoms with Gasteiger partial charge in [-0.2, -0.15) is 0 Å². The highest BCUT2D eigenvalue weighted by molar-refractivity contribution is 7.80. The SMILES string of the molecule is COc1cc(S)ccc1-c1nc2nccnc2[nH]1. The van der Waals surface area contributed by atoms with Crippen molar-refractivity contribution in [2.75, 3.05) is 7.11 Å². The second-order valence-electron chi connectivity index (χ2n) is 3.70. The number of H-pyrrole nitrogens is 1. The number of methoxy groups -OCH3 is 1. The molecule has 2 heterocycles. The minimum absolute atomic E-state index is 0.588. The third-order valence-electron chi connectivity index (χ3n) is 2.57. The first-order valence-corrected chi connectivity index (χ1v) is 5.77. The number of nitrogens with zero attached hydrogens (tertiary/aromatic N) is 3. The quantitative estimate of drug-likeness (QED) is 0.692. The Bertz CT molecular complexity index is 677. The molecule has 6 heteroatoms. The van der Waals surface area contributed by atoms with Gasteiger partial charge in [0.1, 0.15) is 11.6 Å². The van der Waals surface area contributed by atoms with Gasteiger partial charge in [-0.3, -0.25) is 0 Å². The van der Waals surface area contributed by atoms with Gasteiger partial charge in [0.25, 0.3) is 0 Å². The number of rotatable bonds is 2. The first kappa shape index (κ1) is 11.0. The van der Waals surface area contributed by atoms with E-state index in [1.165, 1.54) is 0 Å². The van der Waals surface area contributed by atoms with Crippen molar-refractivity contribution in [2.24, 2.45) is 0 Å². The minimum Gasteiger partial charge on any atom is -0.496 e. The topological polar surface area (TPSA) is 63.7 Å². The largest absolute Gasteiger partial charge is 0.496 e. The van der Waals surface area contributed by atoms with Crippen molar-refractivity contribution in [3.05, 3.63) is 30.6 Å². The molecule has 2 aromatic heterocycles. The van der Waals surface area contributed by atoms with E-state index in [1.54, 1.807) is 19.5 Å². The second-order valence-corrected chi connectivity index (χ2v) is 4.21. The van der Waals surface area contributed by atoms with Gasteiger partial charge in [0, 0.05) is 17.3 Å². The molecule has 1 aromatic carbocycles. The van der Waals surface area contributed by atoms with Gasteiger partial charge in [0.2, 0.25) is 0 Å². The maximum atomic E-state index is 5.33. The molecule has 0 saturated carbocycles. The lowest BCUT2D eigenvalue weighted by Crippen LogP contribution is -1.89. The zero-order valence-electron chi connectivity index (χ0n) is 9.58. The molecule has 0 spiro atoms. The number of aromatic nitrogens is 4. The number of nitrogens with one attached hydrogen (secondary N) is 1. The molecule has 0 aliphatic rings. The third kappa shape index (κ3) is 1.80. The molecule has 90 valence electrons. The van der Waals surface area contributed by atoms with Crippen LogP contribution in [0, 0.1) is 0 Å². The van der Waals surface area contributed by atoms with Crippen molar-refractivity contribution >= 4 is 23.9 Å². The number of fused-ring (bicyclic) bond motifs is 1. The smallest absolute Gasteiger partial charge is 0.197 e. The highest BCUT2D eigenvalue weighted by Crippen LogP contribution is 2.30.